The Balaban J connectivity index is 1.80. The molecule has 142 valence electrons. The van der Waals surface area contributed by atoms with Crippen molar-refractivity contribution in [3.05, 3.63) is 69.7 Å². The number of amides is 1. The molecule has 2 aromatic carbocycles. The van der Waals surface area contributed by atoms with Gasteiger partial charge >= 0.3 is 0 Å². The van der Waals surface area contributed by atoms with Gasteiger partial charge in [0.1, 0.15) is 0 Å². The van der Waals surface area contributed by atoms with E-state index in [4.69, 9.17) is 11.6 Å². The average Bonchev–Trinajstić information content (AvgIpc) is 2.97. The molecule has 4 heteroatoms. The highest BCUT2D eigenvalue weighted by Crippen LogP contribution is 2.57. The summed E-state index contributed by atoms with van der Waals surface area (Å²) in [7, 11) is 0. The van der Waals surface area contributed by atoms with Crippen molar-refractivity contribution in [3.8, 4) is 0 Å². The summed E-state index contributed by atoms with van der Waals surface area (Å²) in [5.74, 6) is 1.29. The van der Waals surface area contributed by atoms with E-state index in [2.05, 4.69) is 72.1 Å². The standard InChI is InChI=1S/C23H25ClINO/c1-14-11-15(12-25)3-8-18(14)19-9-10-23(2)20(13-26-22(23)27)21(19)16-4-6-17(24)7-5-16/h3-8,11,19-21H,9-10,12-13H2,1-2H3,(H,26,27)/t19-,20-,21-,23+/m0/s1. The van der Waals surface area contributed by atoms with Gasteiger partial charge in [0.15, 0.2) is 0 Å². The molecule has 1 saturated heterocycles. The van der Waals surface area contributed by atoms with Gasteiger partial charge in [0.2, 0.25) is 5.91 Å². The predicted molar refractivity (Wildman–Crippen MR) is 120 cm³/mol. The number of fused-ring (bicyclic) bond motifs is 1. The van der Waals surface area contributed by atoms with Gasteiger partial charge in [-0.2, -0.15) is 0 Å². The fraction of sp³-hybridized carbons (Fsp3) is 0.435. The monoisotopic (exact) mass is 493 g/mol. The van der Waals surface area contributed by atoms with Crippen LogP contribution in [0.1, 0.15) is 53.9 Å². The molecule has 2 aromatic rings. The third-order valence-corrected chi connectivity index (χ3v) is 7.94. The predicted octanol–water partition coefficient (Wildman–Crippen LogP) is 6.00. The molecule has 1 N–H and O–H groups in total. The van der Waals surface area contributed by atoms with E-state index in [1.54, 1.807) is 0 Å². The van der Waals surface area contributed by atoms with Crippen molar-refractivity contribution in [3.63, 3.8) is 0 Å². The Bertz CT molecular complexity index is 865. The number of benzene rings is 2. The molecule has 2 nitrogen and oxygen atoms in total. The SMILES string of the molecule is Cc1cc(CI)ccc1[C@@H]1CC[C@@]2(C)C(=O)NC[C@H]2[C@H]1c1ccc(Cl)cc1. The molecule has 4 atom stereocenters. The van der Waals surface area contributed by atoms with Gasteiger partial charge in [-0.05, 0) is 71.9 Å². The van der Waals surface area contributed by atoms with Crippen LogP contribution in [0.25, 0.3) is 0 Å². The van der Waals surface area contributed by atoms with Crippen molar-refractivity contribution in [2.45, 2.75) is 43.0 Å². The van der Waals surface area contributed by atoms with Crippen LogP contribution in [0.5, 0.6) is 0 Å². The topological polar surface area (TPSA) is 29.1 Å². The average molecular weight is 494 g/mol. The van der Waals surface area contributed by atoms with Crippen molar-refractivity contribution < 1.29 is 4.79 Å². The van der Waals surface area contributed by atoms with Gasteiger partial charge in [0.05, 0.1) is 5.41 Å². The first-order valence-corrected chi connectivity index (χ1v) is 11.5. The molecule has 4 rings (SSSR count). The Morgan fingerprint density at radius 1 is 1.22 bits per heavy atom. The highest BCUT2D eigenvalue weighted by atomic mass is 127. The third kappa shape index (κ3) is 3.31. The lowest BCUT2D eigenvalue weighted by molar-refractivity contribution is -0.129. The Kier molecular flexibility index (Phi) is 5.28. The van der Waals surface area contributed by atoms with Gasteiger partial charge in [-0.15, -0.1) is 0 Å². The van der Waals surface area contributed by atoms with Crippen molar-refractivity contribution >= 4 is 40.1 Å². The maximum absolute atomic E-state index is 12.6. The second-order valence-corrected chi connectivity index (χ2v) is 9.48. The van der Waals surface area contributed by atoms with Crippen molar-refractivity contribution in [1.82, 2.24) is 5.32 Å². The van der Waals surface area contributed by atoms with E-state index in [0.717, 1.165) is 28.8 Å². The highest BCUT2D eigenvalue weighted by Gasteiger charge is 2.54. The molecule has 27 heavy (non-hydrogen) atoms. The molecule has 0 aromatic heterocycles. The summed E-state index contributed by atoms with van der Waals surface area (Å²) in [6, 6.07) is 15.2. The van der Waals surface area contributed by atoms with E-state index in [1.807, 2.05) is 12.1 Å². The van der Waals surface area contributed by atoms with Gasteiger partial charge in [-0.3, -0.25) is 4.79 Å². The molecular formula is C23H25ClINO. The molecule has 1 heterocycles. The van der Waals surface area contributed by atoms with E-state index in [-0.39, 0.29) is 11.3 Å². The lowest BCUT2D eigenvalue weighted by Gasteiger charge is -2.45. The largest absolute Gasteiger partial charge is 0.355 e. The summed E-state index contributed by atoms with van der Waals surface area (Å²) in [6.45, 7) is 5.16. The van der Waals surface area contributed by atoms with E-state index in [9.17, 15) is 4.79 Å². The van der Waals surface area contributed by atoms with Crippen LogP contribution in [0, 0.1) is 18.3 Å². The summed E-state index contributed by atoms with van der Waals surface area (Å²) in [6.07, 6.45) is 1.99. The number of hydrogen-bond acceptors (Lipinski definition) is 1. The Morgan fingerprint density at radius 3 is 2.63 bits per heavy atom. The number of hydrogen-bond donors (Lipinski definition) is 1. The molecule has 2 aliphatic rings. The number of alkyl halides is 1. The van der Waals surface area contributed by atoms with Gasteiger partial charge in [-0.1, -0.05) is 71.4 Å². The zero-order chi connectivity index (χ0) is 19.2. The first-order chi connectivity index (χ1) is 12.9. The molecule has 1 aliphatic carbocycles. The minimum absolute atomic E-state index is 0.224. The summed E-state index contributed by atoms with van der Waals surface area (Å²) < 4.78 is 1.03. The molecule has 1 saturated carbocycles. The van der Waals surface area contributed by atoms with Gasteiger partial charge in [0.25, 0.3) is 0 Å². The van der Waals surface area contributed by atoms with Crippen LogP contribution in [-0.4, -0.2) is 12.5 Å². The first kappa shape index (κ1) is 19.3. The number of nitrogens with one attached hydrogen (secondary N) is 1. The second kappa shape index (κ2) is 7.40. The molecule has 0 unspecified atom stereocenters. The fourth-order valence-electron chi connectivity index (χ4n) is 5.27. The number of carbonyl (C=O) groups is 1. The Labute approximate surface area is 180 Å². The van der Waals surface area contributed by atoms with Crippen LogP contribution in [-0.2, 0) is 9.22 Å². The van der Waals surface area contributed by atoms with Gasteiger partial charge in [0, 0.05) is 16.0 Å². The van der Waals surface area contributed by atoms with E-state index in [1.165, 1.54) is 22.3 Å². The minimum Gasteiger partial charge on any atom is -0.355 e. The summed E-state index contributed by atoms with van der Waals surface area (Å²) in [5.41, 5.74) is 5.21. The molecule has 0 bridgehead atoms. The Hall–Kier alpha value is -1.07. The number of carbonyl (C=O) groups excluding carboxylic acids is 1. The fourth-order valence-corrected chi connectivity index (χ4v) is 5.87. The third-order valence-electron chi connectivity index (χ3n) is 6.80. The van der Waals surface area contributed by atoms with E-state index < -0.39 is 0 Å². The van der Waals surface area contributed by atoms with Gasteiger partial charge in [-0.25, -0.2) is 0 Å². The lowest BCUT2D eigenvalue weighted by atomic mass is 9.57. The zero-order valence-corrected chi connectivity index (χ0v) is 18.7. The number of halogens is 2. The highest BCUT2D eigenvalue weighted by molar-refractivity contribution is 14.1. The van der Waals surface area contributed by atoms with Crippen LogP contribution >= 0.6 is 34.2 Å². The van der Waals surface area contributed by atoms with Crippen LogP contribution in [0.15, 0.2) is 42.5 Å². The summed E-state index contributed by atoms with van der Waals surface area (Å²) >= 11 is 8.58. The van der Waals surface area contributed by atoms with Crippen LogP contribution in [0.3, 0.4) is 0 Å². The number of rotatable bonds is 3. The number of aryl methyl sites for hydroxylation is 1. The smallest absolute Gasteiger partial charge is 0.226 e. The minimum atomic E-state index is -0.267. The van der Waals surface area contributed by atoms with Crippen LogP contribution < -0.4 is 5.32 Å². The molecular weight excluding hydrogens is 469 g/mol. The van der Waals surface area contributed by atoms with Crippen LogP contribution in [0.2, 0.25) is 5.02 Å². The summed E-state index contributed by atoms with van der Waals surface area (Å²) in [4.78, 5) is 12.6. The second-order valence-electron chi connectivity index (χ2n) is 8.28. The van der Waals surface area contributed by atoms with Gasteiger partial charge < -0.3 is 5.32 Å². The first-order valence-electron chi connectivity index (χ1n) is 9.63. The maximum Gasteiger partial charge on any atom is 0.226 e. The van der Waals surface area contributed by atoms with Crippen LogP contribution in [0.4, 0.5) is 0 Å². The molecule has 0 spiro atoms. The van der Waals surface area contributed by atoms with Crippen molar-refractivity contribution in [1.29, 1.82) is 0 Å². The molecule has 1 aliphatic heterocycles. The molecule has 0 radical (unpaired) electrons. The van der Waals surface area contributed by atoms with E-state index >= 15 is 0 Å². The zero-order valence-electron chi connectivity index (χ0n) is 15.8. The quantitative estimate of drug-likeness (QED) is 0.412. The molecule has 2 fully saturated rings. The molecule has 1 amide bonds. The lowest BCUT2D eigenvalue weighted by Crippen LogP contribution is -2.41. The normalized spacial score (nSPS) is 30.1. The van der Waals surface area contributed by atoms with Crippen molar-refractivity contribution in [2.75, 3.05) is 6.54 Å². The Morgan fingerprint density at radius 2 is 1.96 bits per heavy atom. The maximum atomic E-state index is 12.6. The van der Waals surface area contributed by atoms with E-state index in [0.29, 0.717) is 17.8 Å². The summed E-state index contributed by atoms with van der Waals surface area (Å²) in [5, 5.41) is 3.91. The van der Waals surface area contributed by atoms with Crippen molar-refractivity contribution in [2.24, 2.45) is 11.3 Å².